The minimum absolute atomic E-state index is 0.117. The molecule has 0 radical (unpaired) electrons. The molecule has 1 saturated heterocycles. The number of amides is 2. The number of ether oxygens (including phenoxy) is 1. The first-order valence-electron chi connectivity index (χ1n) is 4.21. The summed E-state index contributed by atoms with van der Waals surface area (Å²) in [5.74, 6) is -1.87. The zero-order valence-electron chi connectivity index (χ0n) is 7.91. The van der Waals surface area contributed by atoms with Crippen LogP contribution in [0.5, 0.6) is 0 Å². The van der Waals surface area contributed by atoms with Crippen molar-refractivity contribution in [2.24, 2.45) is 0 Å². The molecule has 0 saturated carbocycles. The van der Waals surface area contributed by atoms with Crippen molar-refractivity contribution in [2.45, 2.75) is 23.7 Å². The van der Waals surface area contributed by atoms with E-state index in [1.807, 2.05) is 0 Å². The van der Waals surface area contributed by atoms with E-state index >= 15 is 0 Å². The number of hydrogen-bond donors (Lipinski definition) is 0. The van der Waals surface area contributed by atoms with E-state index in [1.54, 1.807) is 0 Å². The second-order valence-corrected chi connectivity index (χ2v) is 4.08. The van der Waals surface area contributed by atoms with Gasteiger partial charge in [-0.15, -0.1) is 0 Å². The molecule has 0 aromatic rings. The van der Waals surface area contributed by atoms with Gasteiger partial charge in [-0.1, -0.05) is 23.2 Å². The fourth-order valence-corrected chi connectivity index (χ4v) is 1.63. The zero-order valence-corrected chi connectivity index (χ0v) is 9.42. The molecule has 84 valence electrons. The molecule has 0 aromatic heterocycles. The Hall–Kier alpha value is -0.810. The van der Waals surface area contributed by atoms with E-state index in [4.69, 9.17) is 23.2 Å². The van der Waals surface area contributed by atoms with Crippen LogP contribution >= 0.6 is 23.2 Å². The SMILES string of the molecule is COC(=O)[C@@H]1CCC(=O)N1C(=O)C(Cl)Cl. The lowest BCUT2D eigenvalue weighted by Gasteiger charge is -2.20. The van der Waals surface area contributed by atoms with E-state index in [1.165, 1.54) is 7.11 Å². The number of likely N-dealkylation sites (tertiary alicyclic amines) is 1. The predicted octanol–water partition coefficient (Wildman–Crippen LogP) is 0.481. The second-order valence-electron chi connectivity index (χ2n) is 2.98. The predicted molar refractivity (Wildman–Crippen MR) is 52.4 cm³/mol. The largest absolute Gasteiger partial charge is 0.467 e. The van der Waals surface area contributed by atoms with Crippen molar-refractivity contribution < 1.29 is 19.1 Å². The molecule has 1 rings (SSSR count). The number of imide groups is 1. The highest BCUT2D eigenvalue weighted by Crippen LogP contribution is 2.22. The van der Waals surface area contributed by atoms with Crippen LogP contribution in [0.1, 0.15) is 12.8 Å². The highest BCUT2D eigenvalue weighted by molar-refractivity contribution is 6.54. The fourth-order valence-electron chi connectivity index (χ4n) is 1.42. The van der Waals surface area contributed by atoms with E-state index in [0.29, 0.717) is 0 Å². The van der Waals surface area contributed by atoms with Crippen LogP contribution in [0, 0.1) is 0 Å². The van der Waals surface area contributed by atoms with Gasteiger partial charge >= 0.3 is 5.97 Å². The number of rotatable bonds is 2. The molecule has 1 aliphatic rings. The van der Waals surface area contributed by atoms with Crippen molar-refractivity contribution in [1.29, 1.82) is 0 Å². The number of methoxy groups -OCH3 is 1. The van der Waals surface area contributed by atoms with Crippen LogP contribution in [0.25, 0.3) is 0 Å². The highest BCUT2D eigenvalue weighted by atomic mass is 35.5. The van der Waals surface area contributed by atoms with Gasteiger partial charge in [0.25, 0.3) is 5.91 Å². The summed E-state index contributed by atoms with van der Waals surface area (Å²) < 4.78 is 4.47. The second kappa shape index (κ2) is 4.81. The van der Waals surface area contributed by atoms with Crippen molar-refractivity contribution in [3.05, 3.63) is 0 Å². The van der Waals surface area contributed by atoms with E-state index in [2.05, 4.69) is 4.74 Å². The summed E-state index contributed by atoms with van der Waals surface area (Å²) in [4.78, 5) is 33.4. The topological polar surface area (TPSA) is 63.7 Å². The normalized spacial score (nSPS) is 20.9. The lowest BCUT2D eigenvalue weighted by Crippen LogP contribution is -2.45. The average molecular weight is 254 g/mol. The number of hydrogen-bond acceptors (Lipinski definition) is 4. The summed E-state index contributed by atoms with van der Waals surface area (Å²) in [6, 6.07) is -0.894. The average Bonchev–Trinajstić information content (AvgIpc) is 2.57. The summed E-state index contributed by atoms with van der Waals surface area (Å²) in [6.07, 6.45) is 0.365. The van der Waals surface area contributed by atoms with Gasteiger partial charge in [0.2, 0.25) is 5.91 Å². The molecular formula is C8H9Cl2NO4. The molecule has 2 amide bonds. The lowest BCUT2D eigenvalue weighted by molar-refractivity contribution is -0.155. The van der Waals surface area contributed by atoms with Crippen LogP contribution in [0.2, 0.25) is 0 Å². The van der Waals surface area contributed by atoms with Gasteiger partial charge in [0.1, 0.15) is 6.04 Å². The summed E-state index contributed by atoms with van der Waals surface area (Å²) >= 11 is 10.7. The van der Waals surface area contributed by atoms with Crippen LogP contribution in [-0.4, -0.2) is 40.7 Å². The van der Waals surface area contributed by atoms with Gasteiger partial charge in [0.05, 0.1) is 7.11 Å². The van der Waals surface area contributed by atoms with Crippen LogP contribution in [-0.2, 0) is 19.1 Å². The Kier molecular flexibility index (Phi) is 3.93. The number of esters is 1. The zero-order chi connectivity index (χ0) is 11.6. The van der Waals surface area contributed by atoms with Gasteiger partial charge in [0.15, 0.2) is 4.84 Å². The van der Waals surface area contributed by atoms with Crippen molar-refractivity contribution in [3.63, 3.8) is 0 Å². The van der Waals surface area contributed by atoms with Gasteiger partial charge in [-0.2, -0.15) is 0 Å². The number of halogens is 2. The third-order valence-electron chi connectivity index (χ3n) is 2.11. The summed E-state index contributed by atoms with van der Waals surface area (Å²) in [6.45, 7) is 0. The smallest absolute Gasteiger partial charge is 0.329 e. The van der Waals surface area contributed by atoms with Crippen molar-refractivity contribution in [2.75, 3.05) is 7.11 Å². The minimum Gasteiger partial charge on any atom is -0.467 e. The first-order chi connectivity index (χ1) is 6.99. The van der Waals surface area contributed by atoms with E-state index in [-0.39, 0.29) is 12.8 Å². The van der Waals surface area contributed by atoms with Crippen LogP contribution in [0.4, 0.5) is 0 Å². The van der Waals surface area contributed by atoms with Gasteiger partial charge in [-0.25, -0.2) is 4.79 Å². The molecule has 0 unspecified atom stereocenters. The van der Waals surface area contributed by atoms with Crippen LogP contribution in [0.15, 0.2) is 0 Å². The Balaban J connectivity index is 2.86. The molecule has 0 spiro atoms. The molecule has 0 bridgehead atoms. The van der Waals surface area contributed by atoms with Gasteiger partial charge in [-0.3, -0.25) is 14.5 Å². The van der Waals surface area contributed by atoms with Gasteiger partial charge < -0.3 is 4.74 Å². The van der Waals surface area contributed by atoms with E-state index < -0.39 is 28.7 Å². The van der Waals surface area contributed by atoms with Crippen molar-refractivity contribution >= 4 is 41.0 Å². The Bertz CT molecular complexity index is 305. The Labute approximate surface area is 96.3 Å². The molecule has 7 heteroatoms. The molecule has 0 aliphatic carbocycles. The third-order valence-corrected chi connectivity index (χ3v) is 2.48. The standard InChI is InChI=1S/C8H9Cl2NO4/c1-15-8(14)4-2-3-5(12)11(4)7(13)6(9)10/h4,6H,2-3H2,1H3/t4-/m0/s1. The Morgan fingerprint density at radius 2 is 2.13 bits per heavy atom. The number of alkyl halides is 2. The number of carbonyl (C=O) groups excluding carboxylic acids is 3. The third kappa shape index (κ3) is 2.41. The van der Waals surface area contributed by atoms with Crippen molar-refractivity contribution in [3.8, 4) is 0 Å². The monoisotopic (exact) mass is 253 g/mol. The number of nitrogens with zero attached hydrogens (tertiary/aromatic N) is 1. The first-order valence-corrected chi connectivity index (χ1v) is 5.08. The molecule has 15 heavy (non-hydrogen) atoms. The van der Waals surface area contributed by atoms with Gasteiger partial charge in [0, 0.05) is 6.42 Å². The molecule has 0 aromatic carbocycles. The summed E-state index contributed by atoms with van der Waals surface area (Å²) in [5.41, 5.74) is 0. The summed E-state index contributed by atoms with van der Waals surface area (Å²) in [7, 11) is 1.19. The Morgan fingerprint density at radius 1 is 1.53 bits per heavy atom. The molecule has 5 nitrogen and oxygen atoms in total. The molecule has 1 fully saturated rings. The van der Waals surface area contributed by atoms with E-state index in [0.717, 1.165) is 4.90 Å². The lowest BCUT2D eigenvalue weighted by atomic mass is 10.2. The Morgan fingerprint density at radius 3 is 2.60 bits per heavy atom. The fraction of sp³-hybridized carbons (Fsp3) is 0.625. The van der Waals surface area contributed by atoms with Gasteiger partial charge in [-0.05, 0) is 6.42 Å². The minimum atomic E-state index is -1.35. The van der Waals surface area contributed by atoms with Crippen molar-refractivity contribution in [1.82, 2.24) is 4.90 Å². The molecule has 1 heterocycles. The maximum absolute atomic E-state index is 11.4. The molecule has 1 atom stereocenters. The van der Waals surface area contributed by atoms with E-state index in [9.17, 15) is 14.4 Å². The molecule has 1 aliphatic heterocycles. The van der Waals surface area contributed by atoms with Crippen LogP contribution in [0.3, 0.4) is 0 Å². The maximum Gasteiger partial charge on any atom is 0.329 e. The maximum atomic E-state index is 11.4. The highest BCUT2D eigenvalue weighted by Gasteiger charge is 2.42. The first kappa shape index (κ1) is 12.3. The molecular weight excluding hydrogens is 245 g/mol. The van der Waals surface area contributed by atoms with Crippen LogP contribution < -0.4 is 0 Å². The summed E-state index contributed by atoms with van der Waals surface area (Å²) in [5, 5.41) is 0. The molecule has 0 N–H and O–H groups in total. The number of carbonyl (C=O) groups is 3. The quantitative estimate of drug-likeness (QED) is 0.531.